The highest BCUT2D eigenvalue weighted by Crippen LogP contribution is 2.39. The molecule has 2 aliphatic heterocycles. The molecule has 2 fully saturated rings. The number of rotatable bonds is 6. The van der Waals surface area contributed by atoms with Gasteiger partial charge in [-0.3, -0.25) is 14.4 Å². The molecular formula is C26H31ClN4O3. The van der Waals surface area contributed by atoms with Gasteiger partial charge in [-0.2, -0.15) is 0 Å². The summed E-state index contributed by atoms with van der Waals surface area (Å²) < 4.78 is 0. The molecular weight excluding hydrogens is 452 g/mol. The van der Waals surface area contributed by atoms with Crippen LogP contribution in [-0.4, -0.2) is 59.4 Å². The Balaban J connectivity index is 1.51. The number of anilines is 2. The first-order valence-corrected chi connectivity index (χ1v) is 12.1. The molecule has 0 radical (unpaired) electrons. The van der Waals surface area contributed by atoms with E-state index in [1.165, 1.54) is 0 Å². The SMILES string of the molecule is CC(C)CC(=O)N1CCC2(CC1)C(=O)N(CC(=O)Nc1cccc(Cl)c1)CN2c1ccccc1. The molecule has 7 nitrogen and oxygen atoms in total. The van der Waals surface area contributed by atoms with Crippen molar-refractivity contribution in [1.29, 1.82) is 0 Å². The molecule has 0 unspecified atom stereocenters. The molecule has 2 saturated heterocycles. The minimum atomic E-state index is -0.758. The first-order chi connectivity index (χ1) is 16.3. The second kappa shape index (κ2) is 10.1. The Kier molecular flexibility index (Phi) is 7.12. The van der Waals surface area contributed by atoms with Crippen LogP contribution in [0.3, 0.4) is 0 Å². The van der Waals surface area contributed by atoms with Gasteiger partial charge in [-0.15, -0.1) is 0 Å². The average molecular weight is 483 g/mol. The van der Waals surface area contributed by atoms with Crippen LogP contribution >= 0.6 is 11.6 Å². The van der Waals surface area contributed by atoms with E-state index in [4.69, 9.17) is 11.6 Å². The van der Waals surface area contributed by atoms with Crippen molar-refractivity contribution >= 4 is 40.7 Å². The lowest BCUT2D eigenvalue weighted by molar-refractivity contribution is -0.139. The molecule has 0 bridgehead atoms. The smallest absolute Gasteiger partial charge is 0.250 e. The number of halogens is 1. The Hall–Kier alpha value is -3.06. The van der Waals surface area contributed by atoms with Crippen molar-refractivity contribution in [2.24, 2.45) is 5.92 Å². The van der Waals surface area contributed by atoms with Crippen molar-refractivity contribution in [3.05, 3.63) is 59.6 Å². The second-order valence-electron chi connectivity index (χ2n) is 9.48. The number of likely N-dealkylation sites (tertiary alicyclic amines) is 1. The average Bonchev–Trinajstić information content (AvgIpc) is 3.05. The minimum absolute atomic E-state index is 0.0492. The third-order valence-corrected chi connectivity index (χ3v) is 6.79. The Labute approximate surface area is 205 Å². The van der Waals surface area contributed by atoms with E-state index in [2.05, 4.69) is 10.2 Å². The maximum Gasteiger partial charge on any atom is 0.250 e. The molecule has 0 aliphatic carbocycles. The summed E-state index contributed by atoms with van der Waals surface area (Å²) in [7, 11) is 0. The van der Waals surface area contributed by atoms with Crippen LogP contribution in [-0.2, 0) is 14.4 Å². The van der Waals surface area contributed by atoms with Crippen LogP contribution in [0.2, 0.25) is 5.02 Å². The molecule has 8 heteroatoms. The van der Waals surface area contributed by atoms with Gasteiger partial charge in [-0.1, -0.05) is 49.7 Å². The summed E-state index contributed by atoms with van der Waals surface area (Å²) in [5.74, 6) is 0.101. The fourth-order valence-corrected chi connectivity index (χ4v) is 5.06. The molecule has 2 aromatic carbocycles. The zero-order valence-electron chi connectivity index (χ0n) is 19.7. The molecule has 180 valence electrons. The van der Waals surface area contributed by atoms with Crippen LogP contribution in [0.25, 0.3) is 0 Å². The zero-order valence-corrected chi connectivity index (χ0v) is 20.4. The standard InChI is InChI=1S/C26H31ClN4O3/c1-19(2)15-24(33)29-13-11-26(12-14-29)25(34)30(18-31(26)22-9-4-3-5-10-22)17-23(32)28-21-8-6-7-20(27)16-21/h3-10,16,19H,11-15,17-18H2,1-2H3,(H,28,32). The lowest BCUT2D eigenvalue weighted by Gasteiger charge is -2.43. The predicted octanol–water partition coefficient (Wildman–Crippen LogP) is 3.99. The number of amides is 3. The van der Waals surface area contributed by atoms with Gasteiger partial charge in [0.05, 0.1) is 6.67 Å². The van der Waals surface area contributed by atoms with E-state index < -0.39 is 5.54 Å². The molecule has 0 saturated carbocycles. The van der Waals surface area contributed by atoms with E-state index >= 15 is 0 Å². The summed E-state index contributed by atoms with van der Waals surface area (Å²) in [6, 6.07) is 16.7. The number of piperidine rings is 1. The Morgan fingerprint density at radius 1 is 1.06 bits per heavy atom. The fraction of sp³-hybridized carbons (Fsp3) is 0.423. The molecule has 3 amide bonds. The van der Waals surface area contributed by atoms with Gasteiger partial charge in [0.15, 0.2) is 0 Å². The van der Waals surface area contributed by atoms with Crippen molar-refractivity contribution < 1.29 is 14.4 Å². The van der Waals surface area contributed by atoms with E-state index in [1.807, 2.05) is 49.1 Å². The lowest BCUT2D eigenvalue weighted by atomic mass is 9.85. The van der Waals surface area contributed by atoms with Crippen molar-refractivity contribution in [2.45, 2.75) is 38.6 Å². The molecule has 34 heavy (non-hydrogen) atoms. The lowest BCUT2D eigenvalue weighted by Crippen LogP contribution is -2.57. The highest BCUT2D eigenvalue weighted by atomic mass is 35.5. The normalized spacial score (nSPS) is 17.5. The summed E-state index contributed by atoms with van der Waals surface area (Å²) in [6.07, 6.45) is 1.59. The van der Waals surface area contributed by atoms with Crippen molar-refractivity contribution in [1.82, 2.24) is 9.80 Å². The van der Waals surface area contributed by atoms with E-state index in [-0.39, 0.29) is 24.3 Å². The van der Waals surface area contributed by atoms with E-state index in [0.717, 1.165) is 5.69 Å². The van der Waals surface area contributed by atoms with Crippen LogP contribution in [0.5, 0.6) is 0 Å². The summed E-state index contributed by atoms with van der Waals surface area (Å²) in [4.78, 5) is 44.7. The zero-order chi connectivity index (χ0) is 24.3. The molecule has 1 spiro atoms. The van der Waals surface area contributed by atoms with E-state index in [1.54, 1.807) is 29.2 Å². The number of hydrogen-bond donors (Lipinski definition) is 1. The van der Waals surface area contributed by atoms with E-state index in [9.17, 15) is 14.4 Å². The summed E-state index contributed by atoms with van der Waals surface area (Å²) >= 11 is 6.02. The number of nitrogens with one attached hydrogen (secondary N) is 1. The second-order valence-corrected chi connectivity index (χ2v) is 9.91. The molecule has 0 atom stereocenters. The van der Waals surface area contributed by atoms with Crippen LogP contribution in [0.4, 0.5) is 11.4 Å². The predicted molar refractivity (Wildman–Crippen MR) is 134 cm³/mol. The molecule has 2 aromatic rings. The summed E-state index contributed by atoms with van der Waals surface area (Å²) in [5, 5.41) is 3.36. The number of carbonyl (C=O) groups is 3. The first-order valence-electron chi connectivity index (χ1n) is 11.7. The fourth-order valence-electron chi connectivity index (χ4n) is 4.87. The number of benzene rings is 2. The van der Waals surface area contributed by atoms with Crippen molar-refractivity contribution in [2.75, 3.05) is 36.5 Å². The van der Waals surface area contributed by atoms with Gasteiger partial charge in [0.2, 0.25) is 11.8 Å². The Morgan fingerprint density at radius 2 is 1.76 bits per heavy atom. The molecule has 2 heterocycles. The summed E-state index contributed by atoms with van der Waals surface area (Å²) in [5.41, 5.74) is 0.776. The highest BCUT2D eigenvalue weighted by Gasteiger charge is 2.54. The minimum Gasteiger partial charge on any atom is -0.342 e. The number of nitrogens with zero attached hydrogens (tertiary/aromatic N) is 3. The number of para-hydroxylation sites is 1. The van der Waals surface area contributed by atoms with Gasteiger partial charge < -0.3 is 20.0 Å². The third-order valence-electron chi connectivity index (χ3n) is 6.55. The van der Waals surface area contributed by atoms with Crippen molar-refractivity contribution in [3.63, 3.8) is 0 Å². The topological polar surface area (TPSA) is 73.0 Å². The number of hydrogen-bond acceptors (Lipinski definition) is 4. The van der Waals surface area contributed by atoms with Gasteiger partial charge in [0.1, 0.15) is 12.1 Å². The van der Waals surface area contributed by atoms with Crippen LogP contribution in [0, 0.1) is 5.92 Å². The first kappa shape index (κ1) is 24.1. The van der Waals surface area contributed by atoms with Crippen molar-refractivity contribution in [3.8, 4) is 0 Å². The molecule has 0 aromatic heterocycles. The Bertz CT molecular complexity index is 1050. The van der Waals surface area contributed by atoms with E-state index in [0.29, 0.717) is 55.6 Å². The molecule has 2 aliphatic rings. The maximum absolute atomic E-state index is 13.7. The molecule has 1 N–H and O–H groups in total. The quantitative estimate of drug-likeness (QED) is 0.675. The third kappa shape index (κ3) is 5.04. The van der Waals surface area contributed by atoms with Crippen LogP contribution in [0.1, 0.15) is 33.1 Å². The number of carbonyl (C=O) groups excluding carboxylic acids is 3. The van der Waals surface area contributed by atoms with Gasteiger partial charge in [0.25, 0.3) is 5.91 Å². The largest absolute Gasteiger partial charge is 0.342 e. The monoisotopic (exact) mass is 482 g/mol. The van der Waals surface area contributed by atoms with Crippen LogP contribution < -0.4 is 10.2 Å². The highest BCUT2D eigenvalue weighted by molar-refractivity contribution is 6.30. The Morgan fingerprint density at radius 3 is 2.41 bits per heavy atom. The maximum atomic E-state index is 13.7. The van der Waals surface area contributed by atoms with Gasteiger partial charge in [0, 0.05) is 35.9 Å². The molecule has 4 rings (SSSR count). The van der Waals surface area contributed by atoms with Gasteiger partial charge in [-0.25, -0.2) is 0 Å². The van der Waals surface area contributed by atoms with Gasteiger partial charge >= 0.3 is 0 Å². The summed E-state index contributed by atoms with van der Waals surface area (Å²) in [6.45, 7) is 5.41. The van der Waals surface area contributed by atoms with Crippen LogP contribution in [0.15, 0.2) is 54.6 Å². The van der Waals surface area contributed by atoms with Gasteiger partial charge in [-0.05, 0) is 49.1 Å².